The molecule has 244 valence electrons. The second kappa shape index (κ2) is 16.0. The molecule has 2 saturated heterocycles. The topological polar surface area (TPSA) is 71.9 Å². The standard InChI is InChI=1S/C34H50Br2N4O4/c1-37-12-16-39(17-13-37)22-28(41)24-43-32-8-6-26(20-30(32)35)34(10-4-3-5-11-34)27-7-9-33(31(36)21-27)44-25-29(42)23-40-18-14-38(2)15-19-40/h6-9,20-21,28-29,41-42H,3-5,10-19,22-25H2,1-2H3. The number of aliphatic hydroxyl groups excluding tert-OH is 2. The molecule has 1 aliphatic carbocycles. The van der Waals surface area contributed by atoms with Crippen LogP contribution in [0.25, 0.3) is 0 Å². The smallest absolute Gasteiger partial charge is 0.133 e. The molecule has 3 aliphatic rings. The van der Waals surface area contributed by atoms with Gasteiger partial charge in [-0.3, -0.25) is 9.80 Å². The summed E-state index contributed by atoms with van der Waals surface area (Å²) in [5.41, 5.74) is 2.46. The van der Waals surface area contributed by atoms with Crippen molar-refractivity contribution in [3.8, 4) is 11.5 Å². The number of aliphatic hydroxyl groups is 2. The molecule has 0 aromatic heterocycles. The molecule has 0 bridgehead atoms. The van der Waals surface area contributed by atoms with Gasteiger partial charge in [0.1, 0.15) is 36.9 Å². The molecule has 44 heavy (non-hydrogen) atoms. The predicted molar refractivity (Wildman–Crippen MR) is 183 cm³/mol. The minimum absolute atomic E-state index is 0.0950. The van der Waals surface area contributed by atoms with Crippen molar-refractivity contribution >= 4 is 31.9 Å². The molecule has 2 aliphatic heterocycles. The third kappa shape index (κ3) is 8.97. The molecular weight excluding hydrogens is 688 g/mol. The number of likely N-dealkylation sites (N-methyl/N-ethyl adjacent to an activating group) is 2. The zero-order valence-electron chi connectivity index (χ0n) is 26.4. The summed E-state index contributed by atoms with van der Waals surface area (Å²) in [7, 11) is 4.28. The molecule has 5 rings (SSSR count). The zero-order chi connectivity index (χ0) is 31.1. The number of hydrogen-bond acceptors (Lipinski definition) is 8. The van der Waals surface area contributed by atoms with Crippen LogP contribution in [0.15, 0.2) is 45.3 Å². The van der Waals surface area contributed by atoms with Gasteiger partial charge >= 0.3 is 0 Å². The summed E-state index contributed by atoms with van der Waals surface area (Å²) in [5, 5.41) is 21.3. The third-order valence-corrected chi connectivity index (χ3v) is 10.9. The van der Waals surface area contributed by atoms with Crippen molar-refractivity contribution in [1.82, 2.24) is 19.6 Å². The van der Waals surface area contributed by atoms with Gasteiger partial charge in [-0.1, -0.05) is 31.4 Å². The van der Waals surface area contributed by atoms with Gasteiger partial charge in [0.05, 0.1) is 8.95 Å². The quantitative estimate of drug-likeness (QED) is 0.332. The number of ether oxygens (including phenoxy) is 2. The molecule has 3 fully saturated rings. The second-order valence-corrected chi connectivity index (χ2v) is 14.8. The molecule has 8 nitrogen and oxygen atoms in total. The molecule has 2 aromatic carbocycles. The first kappa shape index (κ1) is 34.1. The Morgan fingerprint density at radius 3 is 1.45 bits per heavy atom. The molecular formula is C34H50Br2N4O4. The van der Waals surface area contributed by atoms with E-state index in [-0.39, 0.29) is 18.6 Å². The summed E-state index contributed by atoms with van der Waals surface area (Å²) < 4.78 is 14.0. The number of nitrogens with zero attached hydrogens (tertiary/aromatic N) is 4. The van der Waals surface area contributed by atoms with E-state index in [4.69, 9.17) is 9.47 Å². The van der Waals surface area contributed by atoms with Crippen LogP contribution in [0.4, 0.5) is 0 Å². The summed E-state index contributed by atoms with van der Waals surface area (Å²) in [6.45, 7) is 9.89. The van der Waals surface area contributed by atoms with Gasteiger partial charge in [0, 0.05) is 70.9 Å². The molecule has 1 saturated carbocycles. The van der Waals surface area contributed by atoms with Gasteiger partial charge in [0.15, 0.2) is 0 Å². The Morgan fingerprint density at radius 2 is 1.07 bits per heavy atom. The number of β-amino-alcohol motifs (C(OH)–C–C–N with tert-alkyl or cyclic N) is 2. The van der Waals surface area contributed by atoms with Gasteiger partial charge in [0.25, 0.3) is 0 Å². The van der Waals surface area contributed by atoms with E-state index in [1.54, 1.807) is 0 Å². The van der Waals surface area contributed by atoms with E-state index >= 15 is 0 Å². The summed E-state index contributed by atoms with van der Waals surface area (Å²) in [4.78, 5) is 9.26. The molecule has 0 radical (unpaired) electrons. The van der Waals surface area contributed by atoms with Crippen LogP contribution in [-0.2, 0) is 5.41 Å². The van der Waals surface area contributed by atoms with E-state index in [1.165, 1.54) is 30.4 Å². The Hall–Kier alpha value is -1.24. The lowest BCUT2D eigenvalue weighted by molar-refractivity contribution is 0.0502. The average Bonchev–Trinajstić information content (AvgIpc) is 3.02. The predicted octanol–water partition coefficient (Wildman–Crippen LogP) is 4.44. The monoisotopic (exact) mass is 736 g/mol. The van der Waals surface area contributed by atoms with E-state index < -0.39 is 12.2 Å². The molecule has 2 heterocycles. The number of halogens is 2. The van der Waals surface area contributed by atoms with Gasteiger partial charge in [-0.15, -0.1) is 0 Å². The minimum Gasteiger partial charge on any atom is -0.490 e. The van der Waals surface area contributed by atoms with E-state index in [0.29, 0.717) is 13.1 Å². The van der Waals surface area contributed by atoms with Gasteiger partial charge < -0.3 is 29.5 Å². The SMILES string of the molecule is CN1CCN(CC(O)COc2ccc(C3(c4ccc(OCC(O)CN5CCN(C)CC5)c(Br)c4)CCCCC3)cc2Br)CC1. The first-order valence-electron chi connectivity index (χ1n) is 16.3. The van der Waals surface area contributed by atoms with Crippen molar-refractivity contribution in [3.63, 3.8) is 0 Å². The molecule has 2 atom stereocenters. The third-order valence-electron chi connectivity index (χ3n) is 9.67. The highest BCUT2D eigenvalue weighted by atomic mass is 79.9. The van der Waals surface area contributed by atoms with Crippen molar-refractivity contribution in [2.45, 2.75) is 49.7 Å². The van der Waals surface area contributed by atoms with Crippen molar-refractivity contribution < 1.29 is 19.7 Å². The lowest BCUT2D eigenvalue weighted by atomic mass is 9.65. The summed E-state index contributed by atoms with van der Waals surface area (Å²) >= 11 is 7.57. The normalized spacial score (nSPS) is 22.0. The second-order valence-electron chi connectivity index (χ2n) is 13.1. The molecule has 0 amide bonds. The maximum absolute atomic E-state index is 10.6. The number of rotatable bonds is 12. The Labute approximate surface area is 280 Å². The molecule has 0 spiro atoms. The van der Waals surface area contributed by atoms with Crippen LogP contribution in [0, 0.1) is 0 Å². The largest absolute Gasteiger partial charge is 0.490 e. The highest BCUT2D eigenvalue weighted by Crippen LogP contribution is 2.47. The lowest BCUT2D eigenvalue weighted by Gasteiger charge is -2.39. The van der Waals surface area contributed by atoms with E-state index in [0.717, 1.165) is 85.6 Å². The highest BCUT2D eigenvalue weighted by molar-refractivity contribution is 9.10. The van der Waals surface area contributed by atoms with Crippen molar-refractivity contribution in [1.29, 1.82) is 0 Å². The highest BCUT2D eigenvalue weighted by Gasteiger charge is 2.36. The fraction of sp³-hybridized carbons (Fsp3) is 0.647. The molecule has 2 N–H and O–H groups in total. The van der Waals surface area contributed by atoms with Gasteiger partial charge in [-0.2, -0.15) is 0 Å². The molecule has 2 unspecified atom stereocenters. The molecule has 10 heteroatoms. The summed E-state index contributed by atoms with van der Waals surface area (Å²) in [6.07, 6.45) is 4.73. The van der Waals surface area contributed by atoms with Crippen LogP contribution >= 0.6 is 31.9 Å². The van der Waals surface area contributed by atoms with Crippen LogP contribution in [-0.4, -0.2) is 135 Å². The Kier molecular flexibility index (Phi) is 12.4. The first-order valence-corrected chi connectivity index (χ1v) is 17.8. The van der Waals surface area contributed by atoms with Crippen molar-refractivity contribution in [3.05, 3.63) is 56.5 Å². The summed E-state index contributed by atoms with van der Waals surface area (Å²) in [6, 6.07) is 12.9. The van der Waals surface area contributed by atoms with Gasteiger partial charge in [0.2, 0.25) is 0 Å². The number of hydrogen-bond donors (Lipinski definition) is 2. The average molecular weight is 739 g/mol. The van der Waals surface area contributed by atoms with Crippen molar-refractivity contribution in [2.24, 2.45) is 0 Å². The van der Waals surface area contributed by atoms with Crippen LogP contribution in [0.3, 0.4) is 0 Å². The van der Waals surface area contributed by atoms with Crippen LogP contribution < -0.4 is 9.47 Å². The van der Waals surface area contributed by atoms with E-state index in [1.807, 2.05) is 12.1 Å². The van der Waals surface area contributed by atoms with Gasteiger partial charge in [-0.25, -0.2) is 0 Å². The van der Waals surface area contributed by atoms with Crippen molar-refractivity contribution in [2.75, 3.05) is 92.8 Å². The Balaban J connectivity index is 1.21. The number of piperazine rings is 2. The summed E-state index contributed by atoms with van der Waals surface area (Å²) in [5.74, 6) is 1.52. The first-order chi connectivity index (χ1) is 21.2. The van der Waals surface area contributed by atoms with Gasteiger partial charge in [-0.05, 0) is 94.2 Å². The Bertz CT molecular complexity index is 1110. The molecule has 2 aromatic rings. The fourth-order valence-corrected chi connectivity index (χ4v) is 7.85. The van der Waals surface area contributed by atoms with Crippen LogP contribution in [0.5, 0.6) is 11.5 Å². The minimum atomic E-state index is -0.527. The van der Waals surface area contributed by atoms with Crippen LogP contribution in [0.2, 0.25) is 0 Å². The fourth-order valence-electron chi connectivity index (χ4n) is 6.86. The Morgan fingerprint density at radius 1 is 0.659 bits per heavy atom. The maximum atomic E-state index is 10.6. The van der Waals surface area contributed by atoms with E-state index in [2.05, 4.69) is 89.8 Å². The zero-order valence-corrected chi connectivity index (χ0v) is 29.6. The number of benzene rings is 2. The maximum Gasteiger partial charge on any atom is 0.133 e. The lowest BCUT2D eigenvalue weighted by Crippen LogP contribution is -2.47. The van der Waals surface area contributed by atoms with E-state index in [9.17, 15) is 10.2 Å². The van der Waals surface area contributed by atoms with Crippen LogP contribution in [0.1, 0.15) is 43.2 Å².